The van der Waals surface area contributed by atoms with Gasteiger partial charge in [-0.3, -0.25) is 4.90 Å². The number of carbonyl (C=O) groups is 1. The Bertz CT molecular complexity index is 389. The van der Waals surface area contributed by atoms with Crippen LogP contribution in [0.1, 0.15) is 46.5 Å². The molecule has 2 unspecified atom stereocenters. The van der Waals surface area contributed by atoms with E-state index in [4.69, 9.17) is 9.84 Å². The molecule has 0 aromatic heterocycles. The lowest BCUT2D eigenvalue weighted by Gasteiger charge is -2.38. The molecule has 0 radical (unpaired) electrons. The van der Waals surface area contributed by atoms with E-state index in [-0.39, 0.29) is 18.7 Å². The number of nitrogens with zero attached hydrogens (tertiary/aromatic N) is 2. The smallest absolute Gasteiger partial charge is 0.407 e. The zero-order chi connectivity index (χ0) is 17.6. The van der Waals surface area contributed by atoms with Crippen LogP contribution >= 0.6 is 0 Å². The average Bonchev–Trinajstić information content (AvgIpc) is 2.48. The highest BCUT2D eigenvalue weighted by atomic mass is 16.6. The largest absolute Gasteiger partial charge is 0.444 e. The monoisotopic (exact) mass is 341 g/mol. The highest BCUT2D eigenvalue weighted by Gasteiger charge is 2.27. The number of amides is 1. The van der Waals surface area contributed by atoms with E-state index in [1.165, 1.54) is 12.8 Å². The normalized spacial score (nSPS) is 27.0. The van der Waals surface area contributed by atoms with Gasteiger partial charge in [-0.1, -0.05) is 6.42 Å². The van der Waals surface area contributed by atoms with Gasteiger partial charge in [-0.15, -0.1) is 0 Å². The number of nitrogens with one attached hydrogen (secondary N) is 1. The van der Waals surface area contributed by atoms with Crippen LogP contribution in [-0.4, -0.2) is 78.5 Å². The van der Waals surface area contributed by atoms with Crippen LogP contribution in [-0.2, 0) is 4.74 Å². The van der Waals surface area contributed by atoms with Crippen molar-refractivity contribution in [2.45, 2.75) is 58.1 Å². The van der Waals surface area contributed by atoms with Gasteiger partial charge in [-0.05, 0) is 46.0 Å². The topological polar surface area (TPSA) is 65.0 Å². The number of rotatable bonds is 5. The molecule has 6 heteroatoms. The number of ether oxygens (including phenoxy) is 1. The van der Waals surface area contributed by atoms with Gasteiger partial charge in [-0.25, -0.2) is 4.79 Å². The summed E-state index contributed by atoms with van der Waals surface area (Å²) in [5.74, 6) is 0.656. The molecule has 0 aromatic carbocycles. The summed E-state index contributed by atoms with van der Waals surface area (Å²) in [7, 11) is 0. The first-order valence-corrected chi connectivity index (χ1v) is 9.41. The molecule has 2 fully saturated rings. The minimum Gasteiger partial charge on any atom is -0.444 e. The Morgan fingerprint density at radius 1 is 1.17 bits per heavy atom. The molecule has 1 saturated heterocycles. The van der Waals surface area contributed by atoms with Crippen molar-refractivity contribution in [1.29, 1.82) is 0 Å². The Balaban J connectivity index is 1.70. The highest BCUT2D eigenvalue weighted by Crippen LogP contribution is 2.26. The van der Waals surface area contributed by atoms with Crippen molar-refractivity contribution in [2.75, 3.05) is 45.9 Å². The van der Waals surface area contributed by atoms with Crippen molar-refractivity contribution in [3.05, 3.63) is 0 Å². The van der Waals surface area contributed by atoms with Gasteiger partial charge in [0, 0.05) is 45.3 Å². The van der Waals surface area contributed by atoms with Gasteiger partial charge < -0.3 is 20.1 Å². The lowest BCUT2D eigenvalue weighted by molar-refractivity contribution is 0.0472. The van der Waals surface area contributed by atoms with E-state index in [0.717, 1.165) is 52.1 Å². The molecule has 1 amide bonds. The Kier molecular flexibility index (Phi) is 7.32. The maximum absolute atomic E-state index is 12.0. The van der Waals surface area contributed by atoms with E-state index in [2.05, 4.69) is 15.1 Å². The summed E-state index contributed by atoms with van der Waals surface area (Å²) in [4.78, 5) is 16.8. The van der Waals surface area contributed by atoms with Crippen molar-refractivity contribution in [3.8, 4) is 0 Å². The van der Waals surface area contributed by atoms with Crippen molar-refractivity contribution in [1.82, 2.24) is 15.1 Å². The van der Waals surface area contributed by atoms with Gasteiger partial charge in [0.05, 0.1) is 6.61 Å². The minimum absolute atomic E-state index is 0.245. The second-order valence-corrected chi connectivity index (χ2v) is 8.24. The number of piperazine rings is 1. The summed E-state index contributed by atoms with van der Waals surface area (Å²) in [6.45, 7) is 12.1. The van der Waals surface area contributed by atoms with Crippen molar-refractivity contribution >= 4 is 6.09 Å². The van der Waals surface area contributed by atoms with Crippen molar-refractivity contribution < 1.29 is 14.6 Å². The van der Waals surface area contributed by atoms with Gasteiger partial charge in [0.15, 0.2) is 0 Å². The maximum Gasteiger partial charge on any atom is 0.407 e. The first-order valence-electron chi connectivity index (χ1n) is 9.41. The Hall–Kier alpha value is -0.850. The molecular formula is C18H35N3O3. The first-order chi connectivity index (χ1) is 11.4. The molecule has 2 rings (SSSR count). The number of aliphatic hydroxyl groups is 1. The van der Waals surface area contributed by atoms with Crippen LogP contribution in [0.4, 0.5) is 4.79 Å². The average molecular weight is 341 g/mol. The fourth-order valence-corrected chi connectivity index (χ4v) is 3.76. The van der Waals surface area contributed by atoms with Gasteiger partial charge in [-0.2, -0.15) is 0 Å². The molecule has 2 atom stereocenters. The summed E-state index contributed by atoms with van der Waals surface area (Å²) in [5.41, 5.74) is -0.438. The lowest BCUT2D eigenvalue weighted by Crippen LogP contribution is -2.49. The molecular weight excluding hydrogens is 306 g/mol. The van der Waals surface area contributed by atoms with E-state index in [9.17, 15) is 4.79 Å². The van der Waals surface area contributed by atoms with Crippen LogP contribution in [0.3, 0.4) is 0 Å². The maximum atomic E-state index is 12.0. The van der Waals surface area contributed by atoms with Crippen molar-refractivity contribution in [3.63, 3.8) is 0 Å². The predicted molar refractivity (Wildman–Crippen MR) is 95.1 cm³/mol. The molecule has 140 valence electrons. The summed E-state index contributed by atoms with van der Waals surface area (Å²) >= 11 is 0. The van der Waals surface area contributed by atoms with Crippen LogP contribution in [0.15, 0.2) is 0 Å². The molecule has 1 aliphatic carbocycles. The second-order valence-electron chi connectivity index (χ2n) is 8.24. The molecule has 1 heterocycles. The molecule has 0 aromatic rings. The minimum atomic E-state index is -0.438. The molecule has 2 N–H and O–H groups in total. The predicted octanol–water partition coefficient (Wildman–Crippen LogP) is 1.68. The van der Waals surface area contributed by atoms with Gasteiger partial charge >= 0.3 is 6.09 Å². The molecule has 1 aliphatic heterocycles. The Labute approximate surface area is 146 Å². The van der Waals surface area contributed by atoms with E-state index >= 15 is 0 Å². The number of alkyl carbamates (subject to hydrolysis) is 1. The second kappa shape index (κ2) is 9.02. The fourth-order valence-electron chi connectivity index (χ4n) is 3.76. The standard InChI is InChI=1S/C18H35N3O3/c1-18(2,3)24-17(23)19-16-6-4-5-15(13-16)14-21-9-7-20(8-10-21)11-12-22/h15-16,22H,4-14H2,1-3H3,(H,19,23). The van der Waals surface area contributed by atoms with E-state index in [1.54, 1.807) is 0 Å². The van der Waals surface area contributed by atoms with Gasteiger partial charge in [0.2, 0.25) is 0 Å². The fraction of sp³-hybridized carbons (Fsp3) is 0.944. The SMILES string of the molecule is CC(C)(C)OC(=O)NC1CCCC(CN2CCN(CCO)CC2)C1. The summed E-state index contributed by atoms with van der Waals surface area (Å²) in [6.07, 6.45) is 4.25. The van der Waals surface area contributed by atoms with Crippen LogP contribution in [0, 0.1) is 5.92 Å². The quantitative estimate of drug-likeness (QED) is 0.796. The highest BCUT2D eigenvalue weighted by molar-refractivity contribution is 5.68. The van der Waals surface area contributed by atoms with Gasteiger partial charge in [0.25, 0.3) is 0 Å². The zero-order valence-corrected chi connectivity index (χ0v) is 15.6. The zero-order valence-electron chi connectivity index (χ0n) is 15.6. The number of hydrogen-bond donors (Lipinski definition) is 2. The number of β-amino-alcohol motifs (C(OH)–C–C–N with tert-alkyl or cyclic N) is 1. The van der Waals surface area contributed by atoms with Crippen LogP contribution in [0.5, 0.6) is 0 Å². The molecule has 0 bridgehead atoms. The summed E-state index contributed by atoms with van der Waals surface area (Å²) < 4.78 is 5.37. The third-order valence-electron chi connectivity index (χ3n) is 4.90. The molecule has 24 heavy (non-hydrogen) atoms. The summed E-state index contributed by atoms with van der Waals surface area (Å²) in [5, 5.41) is 12.1. The first kappa shape index (κ1) is 19.5. The van der Waals surface area contributed by atoms with Crippen LogP contribution < -0.4 is 5.32 Å². The lowest BCUT2D eigenvalue weighted by atomic mass is 9.85. The van der Waals surface area contributed by atoms with Crippen LogP contribution in [0.2, 0.25) is 0 Å². The van der Waals surface area contributed by atoms with E-state index in [1.807, 2.05) is 20.8 Å². The van der Waals surface area contributed by atoms with Crippen LogP contribution in [0.25, 0.3) is 0 Å². The molecule has 2 aliphatic rings. The summed E-state index contributed by atoms with van der Waals surface area (Å²) in [6, 6.07) is 0.245. The Morgan fingerprint density at radius 3 is 2.46 bits per heavy atom. The third kappa shape index (κ3) is 6.95. The Morgan fingerprint density at radius 2 is 1.83 bits per heavy atom. The molecule has 0 spiro atoms. The number of hydrogen-bond acceptors (Lipinski definition) is 5. The number of aliphatic hydroxyl groups excluding tert-OH is 1. The number of carbonyl (C=O) groups excluding carboxylic acids is 1. The van der Waals surface area contributed by atoms with Crippen molar-refractivity contribution in [2.24, 2.45) is 5.92 Å². The van der Waals surface area contributed by atoms with E-state index in [0.29, 0.717) is 5.92 Å². The third-order valence-corrected chi connectivity index (χ3v) is 4.90. The molecule has 6 nitrogen and oxygen atoms in total. The van der Waals surface area contributed by atoms with E-state index < -0.39 is 5.60 Å². The van der Waals surface area contributed by atoms with Gasteiger partial charge in [0.1, 0.15) is 5.60 Å². The molecule has 1 saturated carbocycles.